The first kappa shape index (κ1) is 14.0. The van der Waals surface area contributed by atoms with Crippen LogP contribution in [0.3, 0.4) is 0 Å². The van der Waals surface area contributed by atoms with Gasteiger partial charge in [-0.25, -0.2) is 0 Å². The Morgan fingerprint density at radius 1 is 1.10 bits per heavy atom. The monoisotopic (exact) mass is 283 g/mol. The van der Waals surface area contributed by atoms with E-state index < -0.39 is 0 Å². The molecular weight excluding hydrogens is 262 g/mol. The topological polar surface area (TPSA) is 30.5 Å². The maximum absolute atomic E-state index is 5.54. The Labute approximate surface area is 125 Å². The van der Waals surface area contributed by atoms with Gasteiger partial charge in [-0.3, -0.25) is 0 Å². The quantitative estimate of drug-likeness (QED) is 0.904. The number of para-hydroxylation sites is 1. The van der Waals surface area contributed by atoms with Crippen LogP contribution < -0.4 is 14.8 Å². The molecule has 1 N–H and O–H groups in total. The molecule has 1 atom stereocenters. The van der Waals surface area contributed by atoms with E-state index in [1.54, 1.807) is 0 Å². The highest BCUT2D eigenvalue weighted by molar-refractivity contribution is 5.48. The van der Waals surface area contributed by atoms with Gasteiger partial charge in [0.25, 0.3) is 0 Å². The third-order valence-corrected chi connectivity index (χ3v) is 3.96. The minimum absolute atomic E-state index is 0.300. The summed E-state index contributed by atoms with van der Waals surface area (Å²) in [5, 5.41) is 3.55. The van der Waals surface area contributed by atoms with Gasteiger partial charge in [-0.2, -0.15) is 0 Å². The molecule has 3 nitrogen and oxygen atoms in total. The van der Waals surface area contributed by atoms with Crippen LogP contribution in [0.1, 0.15) is 36.6 Å². The lowest BCUT2D eigenvalue weighted by Gasteiger charge is -2.15. The average Bonchev–Trinajstić information content (AvgIpc) is 3.02. The van der Waals surface area contributed by atoms with Gasteiger partial charge in [-0.1, -0.05) is 43.3 Å². The van der Waals surface area contributed by atoms with Crippen LogP contribution in [0.25, 0.3) is 0 Å². The molecule has 0 amide bonds. The van der Waals surface area contributed by atoms with E-state index in [-0.39, 0.29) is 0 Å². The lowest BCUT2D eigenvalue weighted by molar-refractivity contribution is 0.173. The van der Waals surface area contributed by atoms with Crippen LogP contribution in [0.2, 0.25) is 0 Å². The standard InChI is InChI=1S/C18H21NO2/c1-3-14-7-9-15(10-8-14)13(2)19-11-16-5-4-6-17-18(16)21-12-20-17/h4-10,13,19H,3,11-12H2,1-2H3. The Kier molecular flexibility index (Phi) is 4.11. The first-order chi connectivity index (χ1) is 10.3. The van der Waals surface area contributed by atoms with Crippen molar-refractivity contribution in [1.29, 1.82) is 0 Å². The summed E-state index contributed by atoms with van der Waals surface area (Å²) < 4.78 is 10.9. The van der Waals surface area contributed by atoms with Crippen LogP contribution in [0.5, 0.6) is 11.5 Å². The highest BCUT2D eigenvalue weighted by Crippen LogP contribution is 2.35. The smallest absolute Gasteiger partial charge is 0.231 e. The molecule has 3 rings (SSSR count). The molecule has 0 saturated carbocycles. The number of hydrogen-bond acceptors (Lipinski definition) is 3. The van der Waals surface area contributed by atoms with Crippen molar-refractivity contribution in [3.63, 3.8) is 0 Å². The number of hydrogen-bond donors (Lipinski definition) is 1. The first-order valence-electron chi connectivity index (χ1n) is 7.47. The maximum Gasteiger partial charge on any atom is 0.231 e. The van der Waals surface area contributed by atoms with E-state index in [0.717, 1.165) is 30.0 Å². The van der Waals surface area contributed by atoms with Crippen LogP contribution in [0.15, 0.2) is 42.5 Å². The van der Waals surface area contributed by atoms with Crippen molar-refractivity contribution in [1.82, 2.24) is 5.32 Å². The van der Waals surface area contributed by atoms with E-state index in [9.17, 15) is 0 Å². The summed E-state index contributed by atoms with van der Waals surface area (Å²) >= 11 is 0. The fourth-order valence-corrected chi connectivity index (χ4v) is 2.55. The molecule has 0 spiro atoms. The Hall–Kier alpha value is -2.00. The molecular formula is C18H21NO2. The van der Waals surface area contributed by atoms with Crippen molar-refractivity contribution >= 4 is 0 Å². The lowest BCUT2D eigenvalue weighted by Crippen LogP contribution is -2.18. The highest BCUT2D eigenvalue weighted by atomic mass is 16.7. The van der Waals surface area contributed by atoms with Crippen molar-refractivity contribution in [2.75, 3.05) is 6.79 Å². The van der Waals surface area contributed by atoms with E-state index in [2.05, 4.69) is 49.5 Å². The summed E-state index contributed by atoms with van der Waals surface area (Å²) in [6.45, 7) is 5.44. The Morgan fingerprint density at radius 2 is 1.90 bits per heavy atom. The Bertz CT molecular complexity index is 607. The molecule has 1 aliphatic rings. The molecule has 0 radical (unpaired) electrons. The Morgan fingerprint density at radius 3 is 2.67 bits per heavy atom. The van der Waals surface area contributed by atoms with Gasteiger partial charge in [-0.15, -0.1) is 0 Å². The minimum atomic E-state index is 0.300. The van der Waals surface area contributed by atoms with Crippen molar-refractivity contribution in [2.24, 2.45) is 0 Å². The number of fused-ring (bicyclic) bond motifs is 1. The molecule has 1 heterocycles. The van der Waals surface area contributed by atoms with Gasteiger partial charge in [-0.05, 0) is 30.5 Å². The fraction of sp³-hybridized carbons (Fsp3) is 0.333. The second kappa shape index (κ2) is 6.19. The number of ether oxygens (including phenoxy) is 2. The molecule has 21 heavy (non-hydrogen) atoms. The normalized spacial score (nSPS) is 14.2. The number of nitrogens with one attached hydrogen (secondary N) is 1. The summed E-state index contributed by atoms with van der Waals surface area (Å²) in [6.07, 6.45) is 1.08. The van der Waals surface area contributed by atoms with Gasteiger partial charge in [0.05, 0.1) is 0 Å². The summed E-state index contributed by atoms with van der Waals surface area (Å²) in [6, 6.07) is 15.1. The zero-order valence-electron chi connectivity index (χ0n) is 12.6. The second-order valence-electron chi connectivity index (χ2n) is 5.35. The summed E-state index contributed by atoms with van der Waals surface area (Å²) in [5.74, 6) is 1.72. The van der Waals surface area contributed by atoms with E-state index in [1.807, 2.05) is 12.1 Å². The second-order valence-corrected chi connectivity index (χ2v) is 5.35. The van der Waals surface area contributed by atoms with Crippen molar-refractivity contribution < 1.29 is 9.47 Å². The molecule has 1 aliphatic heterocycles. The highest BCUT2D eigenvalue weighted by Gasteiger charge is 2.17. The van der Waals surface area contributed by atoms with Crippen LogP contribution in [-0.4, -0.2) is 6.79 Å². The predicted molar refractivity (Wildman–Crippen MR) is 83.6 cm³/mol. The lowest BCUT2D eigenvalue weighted by atomic mass is 10.0. The molecule has 110 valence electrons. The minimum Gasteiger partial charge on any atom is -0.454 e. The van der Waals surface area contributed by atoms with E-state index in [1.165, 1.54) is 11.1 Å². The van der Waals surface area contributed by atoms with Crippen LogP contribution in [-0.2, 0) is 13.0 Å². The molecule has 0 saturated heterocycles. The summed E-state index contributed by atoms with van der Waals surface area (Å²) in [7, 11) is 0. The summed E-state index contributed by atoms with van der Waals surface area (Å²) in [4.78, 5) is 0. The maximum atomic E-state index is 5.54. The largest absolute Gasteiger partial charge is 0.454 e. The zero-order chi connectivity index (χ0) is 14.7. The molecule has 2 aromatic carbocycles. The Balaban J connectivity index is 1.65. The van der Waals surface area contributed by atoms with Gasteiger partial charge in [0.2, 0.25) is 6.79 Å². The number of aryl methyl sites for hydroxylation is 1. The predicted octanol–water partition coefficient (Wildman–Crippen LogP) is 3.83. The van der Waals surface area contributed by atoms with Crippen molar-refractivity contribution in [2.45, 2.75) is 32.9 Å². The molecule has 3 heteroatoms. The fourth-order valence-electron chi connectivity index (χ4n) is 2.55. The van der Waals surface area contributed by atoms with Crippen LogP contribution >= 0.6 is 0 Å². The van der Waals surface area contributed by atoms with Crippen LogP contribution in [0.4, 0.5) is 0 Å². The van der Waals surface area contributed by atoms with Crippen molar-refractivity contribution in [3.8, 4) is 11.5 Å². The summed E-state index contributed by atoms with van der Waals surface area (Å²) in [5.41, 5.74) is 3.82. The molecule has 0 aromatic heterocycles. The first-order valence-corrected chi connectivity index (χ1v) is 7.47. The van der Waals surface area contributed by atoms with Gasteiger partial charge >= 0.3 is 0 Å². The van der Waals surface area contributed by atoms with Crippen LogP contribution in [0, 0.1) is 0 Å². The van der Waals surface area contributed by atoms with Crippen molar-refractivity contribution in [3.05, 3.63) is 59.2 Å². The molecule has 1 unspecified atom stereocenters. The van der Waals surface area contributed by atoms with E-state index in [0.29, 0.717) is 12.8 Å². The zero-order valence-corrected chi connectivity index (χ0v) is 12.6. The van der Waals surface area contributed by atoms with Gasteiger partial charge in [0, 0.05) is 18.2 Å². The third kappa shape index (κ3) is 3.03. The third-order valence-electron chi connectivity index (χ3n) is 3.96. The van der Waals surface area contributed by atoms with Gasteiger partial charge < -0.3 is 14.8 Å². The average molecular weight is 283 g/mol. The SMILES string of the molecule is CCc1ccc(C(C)NCc2cccc3c2OCO3)cc1. The molecule has 0 aliphatic carbocycles. The molecule has 0 fully saturated rings. The molecule has 0 bridgehead atoms. The molecule has 2 aromatic rings. The number of benzene rings is 2. The van der Waals surface area contributed by atoms with Gasteiger partial charge in [0.1, 0.15) is 0 Å². The van der Waals surface area contributed by atoms with E-state index in [4.69, 9.17) is 9.47 Å². The number of rotatable bonds is 5. The van der Waals surface area contributed by atoms with Gasteiger partial charge in [0.15, 0.2) is 11.5 Å². The van der Waals surface area contributed by atoms with E-state index >= 15 is 0 Å².